The molecule has 2 rings (SSSR count). The molecule has 1 aliphatic rings. The highest BCUT2D eigenvalue weighted by Gasteiger charge is 2.19. The van der Waals surface area contributed by atoms with Crippen LogP contribution in [-0.2, 0) is 0 Å². The van der Waals surface area contributed by atoms with Crippen molar-refractivity contribution in [2.24, 2.45) is 5.92 Å². The van der Waals surface area contributed by atoms with Crippen molar-refractivity contribution in [1.29, 1.82) is 0 Å². The van der Waals surface area contributed by atoms with Crippen molar-refractivity contribution in [1.82, 2.24) is 9.88 Å². The van der Waals surface area contributed by atoms with Crippen LogP contribution in [0, 0.1) is 17.8 Å². The van der Waals surface area contributed by atoms with E-state index >= 15 is 0 Å². The maximum atomic E-state index is 12.3. The molecule has 1 heterocycles. The highest BCUT2D eigenvalue weighted by Crippen LogP contribution is 2.24. The number of carbonyl (C=O) groups is 1. The molecule has 1 fully saturated rings. The zero-order chi connectivity index (χ0) is 15.1. The minimum Gasteiger partial charge on any atom is -0.384 e. The number of aromatic nitrogens is 1. The van der Waals surface area contributed by atoms with Gasteiger partial charge in [-0.05, 0) is 30.9 Å². The van der Waals surface area contributed by atoms with Crippen molar-refractivity contribution in [3.05, 3.63) is 29.6 Å². The summed E-state index contributed by atoms with van der Waals surface area (Å²) < 4.78 is 0. The highest BCUT2D eigenvalue weighted by atomic mass is 16.2. The van der Waals surface area contributed by atoms with Gasteiger partial charge in [0.25, 0.3) is 5.91 Å². The zero-order valence-corrected chi connectivity index (χ0v) is 12.5. The second kappa shape index (κ2) is 7.80. The van der Waals surface area contributed by atoms with Gasteiger partial charge in [-0.15, -0.1) is 0 Å². The van der Waals surface area contributed by atoms with E-state index in [9.17, 15) is 4.79 Å². The third-order valence-electron chi connectivity index (χ3n) is 3.90. The number of amides is 1. The highest BCUT2D eigenvalue weighted by molar-refractivity contribution is 5.92. The molecule has 0 aromatic carbocycles. The Bertz CT molecular complexity index is 522. The second-order valence-corrected chi connectivity index (χ2v) is 5.58. The molecule has 0 aliphatic heterocycles. The van der Waals surface area contributed by atoms with Crippen LogP contribution in [0.3, 0.4) is 0 Å². The SMILES string of the molecule is CN(CC1CCCCC1)C(=O)c1ccc(C#CCO)cn1. The standard InChI is InChI=1S/C17H22N2O2/c1-19(13-15-6-3-2-4-7-15)17(21)16-10-9-14(12-18-16)8-5-11-20/h9-10,12,15,20H,2-4,6-7,11,13H2,1H3. The van der Waals surface area contributed by atoms with Gasteiger partial charge in [-0.25, -0.2) is 4.98 Å². The minimum atomic E-state index is -0.176. The Morgan fingerprint density at radius 2 is 2.14 bits per heavy atom. The minimum absolute atomic E-state index is 0.0396. The first kappa shape index (κ1) is 15.5. The Morgan fingerprint density at radius 3 is 2.76 bits per heavy atom. The van der Waals surface area contributed by atoms with E-state index in [0.29, 0.717) is 17.2 Å². The normalized spacial score (nSPS) is 15.1. The third kappa shape index (κ3) is 4.57. The Hall–Kier alpha value is -1.86. The lowest BCUT2D eigenvalue weighted by Gasteiger charge is -2.26. The summed E-state index contributed by atoms with van der Waals surface area (Å²) in [5.41, 5.74) is 1.15. The molecule has 1 amide bonds. The summed E-state index contributed by atoms with van der Waals surface area (Å²) in [7, 11) is 1.85. The van der Waals surface area contributed by atoms with Gasteiger partial charge in [0.15, 0.2) is 0 Å². The van der Waals surface area contributed by atoms with Crippen LogP contribution in [0.4, 0.5) is 0 Å². The van der Waals surface area contributed by atoms with Crippen LogP contribution < -0.4 is 0 Å². The molecule has 1 aromatic heterocycles. The zero-order valence-electron chi connectivity index (χ0n) is 12.5. The van der Waals surface area contributed by atoms with Crippen LogP contribution in [-0.4, -0.2) is 41.1 Å². The predicted octanol–water partition coefficient (Wildman–Crippen LogP) is 2.08. The van der Waals surface area contributed by atoms with Crippen molar-refractivity contribution in [3.8, 4) is 11.8 Å². The molecule has 1 aromatic rings. The first-order valence-corrected chi connectivity index (χ1v) is 7.52. The number of rotatable bonds is 3. The largest absolute Gasteiger partial charge is 0.384 e. The predicted molar refractivity (Wildman–Crippen MR) is 81.7 cm³/mol. The average Bonchev–Trinajstić information content (AvgIpc) is 2.53. The summed E-state index contributed by atoms with van der Waals surface area (Å²) in [6.07, 6.45) is 7.91. The van der Waals surface area contributed by atoms with Crippen molar-refractivity contribution in [3.63, 3.8) is 0 Å². The fourth-order valence-corrected chi connectivity index (χ4v) is 2.77. The molecule has 0 radical (unpaired) electrons. The van der Waals surface area contributed by atoms with Crippen LogP contribution in [0.25, 0.3) is 0 Å². The van der Waals surface area contributed by atoms with E-state index in [1.807, 2.05) is 7.05 Å². The monoisotopic (exact) mass is 286 g/mol. The van der Waals surface area contributed by atoms with Crippen LogP contribution >= 0.6 is 0 Å². The van der Waals surface area contributed by atoms with E-state index in [2.05, 4.69) is 16.8 Å². The van der Waals surface area contributed by atoms with Gasteiger partial charge >= 0.3 is 0 Å². The summed E-state index contributed by atoms with van der Waals surface area (Å²) >= 11 is 0. The Balaban J connectivity index is 1.94. The number of nitrogens with zero attached hydrogens (tertiary/aromatic N) is 2. The number of hydrogen-bond donors (Lipinski definition) is 1. The van der Waals surface area contributed by atoms with E-state index in [4.69, 9.17) is 5.11 Å². The molecule has 0 saturated heterocycles. The van der Waals surface area contributed by atoms with Crippen LogP contribution in [0.5, 0.6) is 0 Å². The van der Waals surface area contributed by atoms with Gasteiger partial charge in [-0.3, -0.25) is 4.79 Å². The molecule has 4 heteroatoms. The van der Waals surface area contributed by atoms with Gasteiger partial charge in [0.05, 0.1) is 0 Å². The van der Waals surface area contributed by atoms with E-state index in [-0.39, 0.29) is 12.5 Å². The summed E-state index contributed by atoms with van der Waals surface area (Å²) in [6, 6.07) is 3.46. The van der Waals surface area contributed by atoms with Crippen LogP contribution in [0.2, 0.25) is 0 Å². The van der Waals surface area contributed by atoms with Crippen molar-refractivity contribution < 1.29 is 9.90 Å². The van der Waals surface area contributed by atoms with Gasteiger partial charge in [-0.1, -0.05) is 31.1 Å². The lowest BCUT2D eigenvalue weighted by atomic mass is 9.89. The van der Waals surface area contributed by atoms with E-state index in [1.54, 1.807) is 23.2 Å². The van der Waals surface area contributed by atoms with E-state index < -0.39 is 0 Å². The summed E-state index contributed by atoms with van der Waals surface area (Å²) in [5.74, 6) is 5.92. The second-order valence-electron chi connectivity index (χ2n) is 5.58. The number of hydrogen-bond acceptors (Lipinski definition) is 3. The fraction of sp³-hybridized carbons (Fsp3) is 0.529. The van der Waals surface area contributed by atoms with Gasteiger partial charge in [-0.2, -0.15) is 0 Å². The lowest BCUT2D eigenvalue weighted by Crippen LogP contribution is -2.33. The smallest absolute Gasteiger partial charge is 0.272 e. The molecule has 0 unspecified atom stereocenters. The van der Waals surface area contributed by atoms with Crippen molar-refractivity contribution >= 4 is 5.91 Å². The maximum absolute atomic E-state index is 12.3. The number of carbonyl (C=O) groups excluding carboxylic acids is 1. The molecule has 21 heavy (non-hydrogen) atoms. The van der Waals surface area contributed by atoms with E-state index in [1.165, 1.54) is 32.1 Å². The van der Waals surface area contributed by atoms with E-state index in [0.717, 1.165) is 6.54 Å². The molecule has 1 N–H and O–H groups in total. The fourth-order valence-electron chi connectivity index (χ4n) is 2.77. The Morgan fingerprint density at radius 1 is 1.38 bits per heavy atom. The molecular formula is C17H22N2O2. The van der Waals surface area contributed by atoms with Gasteiger partial charge in [0.2, 0.25) is 0 Å². The number of pyridine rings is 1. The quantitative estimate of drug-likeness (QED) is 0.866. The Kier molecular flexibility index (Phi) is 5.77. The van der Waals surface area contributed by atoms with Crippen molar-refractivity contribution in [2.75, 3.05) is 20.2 Å². The molecule has 0 bridgehead atoms. The molecule has 112 valence electrons. The summed E-state index contributed by atoms with van der Waals surface area (Å²) in [4.78, 5) is 18.3. The molecule has 0 atom stereocenters. The topological polar surface area (TPSA) is 53.4 Å². The third-order valence-corrected chi connectivity index (χ3v) is 3.90. The van der Waals surface area contributed by atoms with Gasteiger partial charge in [0, 0.05) is 25.4 Å². The van der Waals surface area contributed by atoms with Gasteiger partial charge < -0.3 is 10.0 Å². The Labute approximate surface area is 126 Å². The molecule has 1 saturated carbocycles. The van der Waals surface area contributed by atoms with Gasteiger partial charge in [0.1, 0.15) is 12.3 Å². The summed E-state index contributed by atoms with van der Waals surface area (Å²) in [6.45, 7) is 0.636. The molecule has 0 spiro atoms. The summed E-state index contributed by atoms with van der Waals surface area (Å²) in [5, 5.41) is 8.64. The van der Waals surface area contributed by atoms with Crippen LogP contribution in [0.1, 0.15) is 48.2 Å². The lowest BCUT2D eigenvalue weighted by molar-refractivity contribution is 0.0755. The first-order valence-electron chi connectivity index (χ1n) is 7.52. The maximum Gasteiger partial charge on any atom is 0.272 e. The number of aliphatic hydroxyl groups excluding tert-OH is 1. The van der Waals surface area contributed by atoms with Crippen molar-refractivity contribution in [2.45, 2.75) is 32.1 Å². The molecule has 1 aliphatic carbocycles. The molecule has 4 nitrogen and oxygen atoms in total. The average molecular weight is 286 g/mol. The van der Waals surface area contributed by atoms with Crippen LogP contribution in [0.15, 0.2) is 18.3 Å². The molecular weight excluding hydrogens is 264 g/mol. The number of aliphatic hydroxyl groups is 1. The first-order chi connectivity index (χ1) is 10.2.